The van der Waals surface area contributed by atoms with Crippen LogP contribution in [0, 0.1) is 11.3 Å². The summed E-state index contributed by atoms with van der Waals surface area (Å²) in [5.41, 5.74) is 0.307. The summed E-state index contributed by atoms with van der Waals surface area (Å²) in [4.78, 5) is 18.2. The number of carbonyl (C=O) groups is 1. The molecule has 0 unspecified atom stereocenters. The standard InChI is InChI=1S/C14H15N5O/c1-11(2)18(10-7-15)14(20)12-5-3-6-13(17-12)19-9-4-8-16-19/h3-6,8-9,11H,10H2,1-2H3. The number of hydrogen-bond acceptors (Lipinski definition) is 4. The zero-order chi connectivity index (χ0) is 14.5. The van der Waals surface area contributed by atoms with Crippen molar-refractivity contribution in [2.24, 2.45) is 0 Å². The van der Waals surface area contributed by atoms with Crippen LogP contribution in [-0.4, -0.2) is 38.2 Å². The second-order valence-corrected chi connectivity index (χ2v) is 4.52. The maximum Gasteiger partial charge on any atom is 0.273 e. The minimum Gasteiger partial charge on any atom is -0.322 e. The molecular formula is C14H15N5O. The summed E-state index contributed by atoms with van der Waals surface area (Å²) in [5.74, 6) is 0.317. The molecule has 0 atom stereocenters. The molecule has 0 aromatic carbocycles. The lowest BCUT2D eigenvalue weighted by Gasteiger charge is -2.23. The van der Waals surface area contributed by atoms with Gasteiger partial charge in [0.2, 0.25) is 0 Å². The van der Waals surface area contributed by atoms with Crippen LogP contribution < -0.4 is 0 Å². The Labute approximate surface area is 117 Å². The molecule has 2 heterocycles. The van der Waals surface area contributed by atoms with Gasteiger partial charge in [-0.05, 0) is 32.0 Å². The molecule has 0 aliphatic heterocycles. The minimum absolute atomic E-state index is 0.0458. The number of pyridine rings is 1. The Kier molecular flexibility index (Phi) is 4.11. The molecule has 102 valence electrons. The van der Waals surface area contributed by atoms with Gasteiger partial charge in [0.05, 0.1) is 6.07 Å². The van der Waals surface area contributed by atoms with Gasteiger partial charge in [-0.1, -0.05) is 6.07 Å². The molecule has 1 amide bonds. The van der Waals surface area contributed by atoms with Crippen LogP contribution in [0.4, 0.5) is 0 Å². The van der Waals surface area contributed by atoms with E-state index in [9.17, 15) is 4.79 Å². The quantitative estimate of drug-likeness (QED) is 0.791. The van der Waals surface area contributed by atoms with E-state index >= 15 is 0 Å². The van der Waals surface area contributed by atoms with Crippen LogP contribution in [0.1, 0.15) is 24.3 Å². The number of carbonyl (C=O) groups excluding carboxylic acids is 1. The van der Waals surface area contributed by atoms with Crippen molar-refractivity contribution in [3.05, 3.63) is 42.4 Å². The van der Waals surface area contributed by atoms with E-state index in [4.69, 9.17) is 5.26 Å². The average molecular weight is 269 g/mol. The highest BCUT2D eigenvalue weighted by atomic mass is 16.2. The van der Waals surface area contributed by atoms with Gasteiger partial charge in [0.1, 0.15) is 12.2 Å². The van der Waals surface area contributed by atoms with Crippen LogP contribution in [0.15, 0.2) is 36.7 Å². The van der Waals surface area contributed by atoms with E-state index in [2.05, 4.69) is 10.1 Å². The molecule has 0 aliphatic carbocycles. The zero-order valence-electron chi connectivity index (χ0n) is 11.4. The van der Waals surface area contributed by atoms with E-state index in [1.807, 2.05) is 19.9 Å². The zero-order valence-corrected chi connectivity index (χ0v) is 11.4. The third-order valence-corrected chi connectivity index (χ3v) is 2.82. The largest absolute Gasteiger partial charge is 0.322 e. The van der Waals surface area contributed by atoms with Gasteiger partial charge in [-0.15, -0.1) is 0 Å². The Hall–Kier alpha value is -2.68. The molecule has 0 saturated heterocycles. The third kappa shape index (κ3) is 2.83. The van der Waals surface area contributed by atoms with E-state index in [1.54, 1.807) is 41.3 Å². The molecular weight excluding hydrogens is 254 g/mol. The molecule has 0 N–H and O–H groups in total. The van der Waals surface area contributed by atoms with E-state index in [1.165, 1.54) is 4.90 Å². The average Bonchev–Trinajstić information content (AvgIpc) is 2.98. The lowest BCUT2D eigenvalue weighted by Crippen LogP contribution is -2.37. The lowest BCUT2D eigenvalue weighted by molar-refractivity contribution is 0.0725. The summed E-state index contributed by atoms with van der Waals surface area (Å²) in [6.45, 7) is 3.78. The summed E-state index contributed by atoms with van der Waals surface area (Å²) in [7, 11) is 0. The fourth-order valence-corrected chi connectivity index (χ4v) is 1.79. The Balaban J connectivity index is 2.31. The normalized spacial score (nSPS) is 10.3. The van der Waals surface area contributed by atoms with Crippen LogP contribution in [0.25, 0.3) is 5.82 Å². The summed E-state index contributed by atoms with van der Waals surface area (Å²) in [6.07, 6.45) is 3.40. The summed E-state index contributed by atoms with van der Waals surface area (Å²) in [5, 5.41) is 12.9. The van der Waals surface area contributed by atoms with E-state index < -0.39 is 0 Å². The van der Waals surface area contributed by atoms with Crippen LogP contribution in [0.3, 0.4) is 0 Å². The number of nitriles is 1. The van der Waals surface area contributed by atoms with Crippen molar-refractivity contribution in [1.82, 2.24) is 19.7 Å². The first-order valence-electron chi connectivity index (χ1n) is 6.28. The van der Waals surface area contributed by atoms with Gasteiger partial charge in [0.15, 0.2) is 5.82 Å². The summed E-state index contributed by atoms with van der Waals surface area (Å²) < 4.78 is 1.58. The Morgan fingerprint density at radius 1 is 1.45 bits per heavy atom. The lowest BCUT2D eigenvalue weighted by atomic mass is 10.2. The number of nitrogens with zero attached hydrogens (tertiary/aromatic N) is 5. The fourth-order valence-electron chi connectivity index (χ4n) is 1.79. The first kappa shape index (κ1) is 13.7. The Morgan fingerprint density at radius 3 is 2.85 bits per heavy atom. The Morgan fingerprint density at radius 2 is 2.25 bits per heavy atom. The Bertz CT molecular complexity index is 627. The molecule has 2 aromatic heterocycles. The van der Waals surface area contributed by atoms with Crippen molar-refractivity contribution in [2.45, 2.75) is 19.9 Å². The van der Waals surface area contributed by atoms with Crippen molar-refractivity contribution in [2.75, 3.05) is 6.54 Å². The predicted octanol–water partition coefficient (Wildman–Crippen LogP) is 1.64. The monoisotopic (exact) mass is 269 g/mol. The van der Waals surface area contributed by atoms with Gasteiger partial charge < -0.3 is 4.90 Å². The van der Waals surface area contributed by atoms with E-state index in [-0.39, 0.29) is 18.5 Å². The van der Waals surface area contributed by atoms with Crippen LogP contribution in [0.2, 0.25) is 0 Å². The van der Waals surface area contributed by atoms with Gasteiger partial charge in [-0.2, -0.15) is 10.4 Å². The molecule has 0 bridgehead atoms. The minimum atomic E-state index is -0.254. The maximum atomic E-state index is 12.4. The molecule has 0 spiro atoms. The van der Waals surface area contributed by atoms with Crippen molar-refractivity contribution >= 4 is 5.91 Å². The van der Waals surface area contributed by atoms with E-state index in [0.717, 1.165) is 0 Å². The van der Waals surface area contributed by atoms with Gasteiger partial charge in [0, 0.05) is 18.4 Å². The molecule has 0 radical (unpaired) electrons. The molecule has 2 rings (SSSR count). The SMILES string of the molecule is CC(C)N(CC#N)C(=O)c1cccc(-n2cccn2)n1. The molecule has 0 fully saturated rings. The van der Waals surface area contributed by atoms with Crippen molar-refractivity contribution in [3.63, 3.8) is 0 Å². The topological polar surface area (TPSA) is 74.8 Å². The number of aromatic nitrogens is 3. The number of hydrogen-bond donors (Lipinski definition) is 0. The summed E-state index contributed by atoms with van der Waals surface area (Å²) in [6, 6.07) is 8.89. The predicted molar refractivity (Wildman–Crippen MR) is 73.1 cm³/mol. The van der Waals surface area contributed by atoms with Gasteiger partial charge in [-0.3, -0.25) is 4.79 Å². The molecule has 0 saturated carbocycles. The second-order valence-electron chi connectivity index (χ2n) is 4.52. The first-order valence-corrected chi connectivity index (χ1v) is 6.28. The summed E-state index contributed by atoms with van der Waals surface area (Å²) >= 11 is 0. The van der Waals surface area contributed by atoms with Gasteiger partial charge in [0.25, 0.3) is 5.91 Å². The molecule has 0 aliphatic rings. The van der Waals surface area contributed by atoms with Crippen LogP contribution in [0.5, 0.6) is 0 Å². The van der Waals surface area contributed by atoms with Crippen molar-refractivity contribution < 1.29 is 4.79 Å². The van der Waals surface area contributed by atoms with Crippen molar-refractivity contribution in [3.8, 4) is 11.9 Å². The van der Waals surface area contributed by atoms with E-state index in [0.29, 0.717) is 11.5 Å². The molecule has 20 heavy (non-hydrogen) atoms. The van der Waals surface area contributed by atoms with Crippen molar-refractivity contribution in [1.29, 1.82) is 5.26 Å². The van der Waals surface area contributed by atoms with Crippen LogP contribution in [-0.2, 0) is 0 Å². The first-order chi connectivity index (χ1) is 9.63. The molecule has 6 heteroatoms. The highest BCUT2D eigenvalue weighted by Crippen LogP contribution is 2.09. The molecule has 2 aromatic rings. The highest BCUT2D eigenvalue weighted by molar-refractivity contribution is 5.92. The smallest absolute Gasteiger partial charge is 0.273 e. The third-order valence-electron chi connectivity index (χ3n) is 2.82. The highest BCUT2D eigenvalue weighted by Gasteiger charge is 2.20. The number of rotatable bonds is 4. The number of amides is 1. The maximum absolute atomic E-state index is 12.4. The van der Waals surface area contributed by atoms with Gasteiger partial charge in [-0.25, -0.2) is 9.67 Å². The second kappa shape index (κ2) is 5.97. The fraction of sp³-hybridized carbons (Fsp3) is 0.286. The van der Waals surface area contributed by atoms with Gasteiger partial charge >= 0.3 is 0 Å². The van der Waals surface area contributed by atoms with Crippen LogP contribution >= 0.6 is 0 Å². The molecule has 6 nitrogen and oxygen atoms in total.